The molecular weight excluding hydrogens is 352 g/mol. The lowest BCUT2D eigenvalue weighted by atomic mass is 10.2. The van der Waals surface area contributed by atoms with Crippen molar-refractivity contribution in [2.24, 2.45) is 0 Å². The number of anilines is 1. The lowest BCUT2D eigenvalue weighted by molar-refractivity contribution is 0.941. The molecule has 1 aromatic carbocycles. The fourth-order valence-corrected chi connectivity index (χ4v) is 4.16. The lowest BCUT2D eigenvalue weighted by Gasteiger charge is -2.06. The third-order valence-electron chi connectivity index (χ3n) is 3.34. The number of benzene rings is 1. The molecule has 6 nitrogen and oxygen atoms in total. The maximum Gasteiger partial charge on any atom is 0.206 e. The minimum atomic E-state index is 0.575. The molecule has 23 heavy (non-hydrogen) atoms. The van der Waals surface area contributed by atoms with Crippen LogP contribution in [0.5, 0.6) is 0 Å². The van der Waals surface area contributed by atoms with Crippen LogP contribution in [0.25, 0.3) is 16.6 Å². The van der Waals surface area contributed by atoms with E-state index in [0.717, 1.165) is 31.1 Å². The summed E-state index contributed by atoms with van der Waals surface area (Å²) >= 11 is 9.32. The van der Waals surface area contributed by atoms with Crippen LogP contribution >= 0.6 is 34.7 Å². The van der Waals surface area contributed by atoms with Crippen LogP contribution in [-0.2, 0) is 0 Å². The van der Waals surface area contributed by atoms with Gasteiger partial charge < -0.3 is 5.32 Å². The van der Waals surface area contributed by atoms with Gasteiger partial charge in [-0.3, -0.25) is 0 Å². The van der Waals surface area contributed by atoms with E-state index >= 15 is 0 Å². The molecule has 0 saturated heterocycles. The summed E-state index contributed by atoms with van der Waals surface area (Å²) in [4.78, 5) is 4.70. The molecule has 3 heterocycles. The zero-order valence-corrected chi connectivity index (χ0v) is 14.6. The molecule has 1 N–H and O–H groups in total. The molecule has 0 spiro atoms. The number of aromatic nitrogens is 5. The van der Waals surface area contributed by atoms with Gasteiger partial charge in [-0.2, -0.15) is 5.10 Å². The quantitative estimate of drug-likeness (QED) is 0.558. The van der Waals surface area contributed by atoms with Crippen molar-refractivity contribution < 1.29 is 0 Å². The molecule has 0 aliphatic rings. The number of para-hydroxylation sites is 1. The van der Waals surface area contributed by atoms with Gasteiger partial charge in [-0.05, 0) is 24.8 Å². The van der Waals surface area contributed by atoms with Crippen LogP contribution in [0, 0.1) is 6.92 Å². The monoisotopic (exact) mass is 362 g/mol. The molecule has 9 heteroatoms. The summed E-state index contributed by atoms with van der Waals surface area (Å²) in [6.07, 6.45) is 0. The van der Waals surface area contributed by atoms with Crippen molar-refractivity contribution in [3.63, 3.8) is 0 Å². The van der Waals surface area contributed by atoms with Gasteiger partial charge in [-0.1, -0.05) is 41.1 Å². The summed E-state index contributed by atoms with van der Waals surface area (Å²) < 4.78 is 2.61. The molecule has 0 amide bonds. The first-order valence-electron chi connectivity index (χ1n) is 6.80. The van der Waals surface area contributed by atoms with E-state index in [1.54, 1.807) is 4.52 Å². The van der Waals surface area contributed by atoms with E-state index in [2.05, 4.69) is 20.6 Å². The van der Waals surface area contributed by atoms with Crippen molar-refractivity contribution in [1.82, 2.24) is 24.8 Å². The van der Waals surface area contributed by atoms with Gasteiger partial charge in [0.15, 0.2) is 9.99 Å². The van der Waals surface area contributed by atoms with Crippen molar-refractivity contribution in [1.29, 1.82) is 0 Å². The standard InChI is InChI=1S/C14H11ClN6S2/c1-7-10(15)11-17-12(22-14-19-18-13(16-2)23-14)8-5-3-4-6-9(8)21(11)20-7/h3-6H,1-2H3,(H,16,18). The summed E-state index contributed by atoms with van der Waals surface area (Å²) in [6.45, 7) is 1.88. The maximum atomic E-state index is 6.35. The van der Waals surface area contributed by atoms with Crippen molar-refractivity contribution in [3.05, 3.63) is 35.0 Å². The molecule has 0 aliphatic carbocycles. The van der Waals surface area contributed by atoms with Gasteiger partial charge in [0.25, 0.3) is 0 Å². The van der Waals surface area contributed by atoms with E-state index in [-0.39, 0.29) is 0 Å². The number of rotatable bonds is 3. The van der Waals surface area contributed by atoms with E-state index < -0.39 is 0 Å². The average Bonchev–Trinajstić information content (AvgIpc) is 3.14. The molecule has 4 aromatic rings. The number of hydrogen-bond donors (Lipinski definition) is 1. The second-order valence-electron chi connectivity index (χ2n) is 4.79. The highest BCUT2D eigenvalue weighted by Gasteiger charge is 2.16. The van der Waals surface area contributed by atoms with E-state index in [4.69, 9.17) is 16.6 Å². The fraction of sp³-hybridized carbons (Fsp3) is 0.143. The van der Waals surface area contributed by atoms with Crippen LogP contribution in [0.1, 0.15) is 5.69 Å². The zero-order valence-electron chi connectivity index (χ0n) is 12.2. The molecule has 0 unspecified atom stereocenters. The molecule has 0 aliphatic heterocycles. The average molecular weight is 363 g/mol. The number of nitrogens with one attached hydrogen (secondary N) is 1. The van der Waals surface area contributed by atoms with Crippen LogP contribution in [-0.4, -0.2) is 31.8 Å². The Morgan fingerprint density at radius 1 is 1.26 bits per heavy atom. The maximum absolute atomic E-state index is 6.35. The van der Waals surface area contributed by atoms with E-state index in [9.17, 15) is 0 Å². The zero-order chi connectivity index (χ0) is 16.0. The predicted molar refractivity (Wildman–Crippen MR) is 93.8 cm³/mol. The molecule has 0 saturated carbocycles. The predicted octanol–water partition coefficient (Wildman–Crippen LogP) is 3.89. The van der Waals surface area contributed by atoms with Crippen molar-refractivity contribution in [3.8, 4) is 0 Å². The molecule has 0 atom stereocenters. The molecular formula is C14H11ClN6S2. The molecule has 0 radical (unpaired) electrons. The number of nitrogens with zero attached hydrogens (tertiary/aromatic N) is 5. The normalized spacial score (nSPS) is 11.4. The van der Waals surface area contributed by atoms with Crippen LogP contribution in [0.15, 0.2) is 33.6 Å². The first-order valence-corrected chi connectivity index (χ1v) is 8.81. The van der Waals surface area contributed by atoms with E-state index in [0.29, 0.717) is 10.7 Å². The summed E-state index contributed by atoms with van der Waals surface area (Å²) in [5.74, 6) is 0. The van der Waals surface area contributed by atoms with Crippen LogP contribution < -0.4 is 5.32 Å². The van der Waals surface area contributed by atoms with Gasteiger partial charge in [-0.15, -0.1) is 10.2 Å². The largest absolute Gasteiger partial charge is 0.363 e. The Bertz CT molecular complexity index is 1020. The Kier molecular flexibility index (Phi) is 3.59. The summed E-state index contributed by atoms with van der Waals surface area (Å²) in [5, 5.41) is 18.9. The van der Waals surface area contributed by atoms with Gasteiger partial charge in [0.1, 0.15) is 10.0 Å². The summed E-state index contributed by atoms with van der Waals surface area (Å²) in [6, 6.07) is 7.99. The molecule has 0 fully saturated rings. The molecule has 4 rings (SSSR count). The molecule has 3 aromatic heterocycles. The Balaban J connectivity index is 1.94. The third-order valence-corrected chi connectivity index (χ3v) is 5.78. The second kappa shape index (κ2) is 5.63. The van der Waals surface area contributed by atoms with Crippen molar-refractivity contribution >= 4 is 56.4 Å². The van der Waals surface area contributed by atoms with Gasteiger partial charge in [0.05, 0.1) is 11.2 Å². The fourth-order valence-electron chi connectivity index (χ4n) is 2.27. The van der Waals surface area contributed by atoms with Gasteiger partial charge in [0.2, 0.25) is 5.13 Å². The summed E-state index contributed by atoms with van der Waals surface area (Å²) in [7, 11) is 1.82. The number of hydrogen-bond acceptors (Lipinski definition) is 7. The number of aryl methyl sites for hydroxylation is 1. The molecule has 116 valence electrons. The minimum absolute atomic E-state index is 0.575. The van der Waals surface area contributed by atoms with Crippen LogP contribution in [0.4, 0.5) is 5.13 Å². The Morgan fingerprint density at radius 3 is 2.87 bits per heavy atom. The van der Waals surface area contributed by atoms with Gasteiger partial charge in [-0.25, -0.2) is 9.50 Å². The first-order chi connectivity index (χ1) is 11.2. The highest BCUT2D eigenvalue weighted by molar-refractivity contribution is 8.01. The lowest BCUT2D eigenvalue weighted by Crippen LogP contribution is -1.95. The smallest absolute Gasteiger partial charge is 0.206 e. The summed E-state index contributed by atoms with van der Waals surface area (Å²) in [5.41, 5.74) is 2.39. The minimum Gasteiger partial charge on any atom is -0.363 e. The van der Waals surface area contributed by atoms with E-state index in [1.165, 1.54) is 23.1 Å². The number of fused-ring (bicyclic) bond motifs is 3. The van der Waals surface area contributed by atoms with Gasteiger partial charge in [0, 0.05) is 12.4 Å². The highest BCUT2D eigenvalue weighted by Crippen LogP contribution is 2.36. The van der Waals surface area contributed by atoms with Crippen LogP contribution in [0.2, 0.25) is 5.02 Å². The second-order valence-corrected chi connectivity index (χ2v) is 7.39. The molecule has 0 bridgehead atoms. The topological polar surface area (TPSA) is 68.0 Å². The Labute approximate surface area is 144 Å². The SMILES string of the molecule is CNc1nnc(Sc2nc3c(Cl)c(C)nn3c3ccccc23)s1. The van der Waals surface area contributed by atoms with Crippen molar-refractivity contribution in [2.45, 2.75) is 16.3 Å². The Hall–Kier alpha value is -1.90. The first kappa shape index (κ1) is 14.7. The van der Waals surface area contributed by atoms with E-state index in [1.807, 2.05) is 38.2 Å². The Morgan fingerprint density at radius 2 is 2.09 bits per heavy atom. The highest BCUT2D eigenvalue weighted by atomic mass is 35.5. The van der Waals surface area contributed by atoms with Crippen LogP contribution in [0.3, 0.4) is 0 Å². The van der Waals surface area contributed by atoms with Gasteiger partial charge >= 0.3 is 0 Å². The third kappa shape index (κ3) is 2.43. The number of halogens is 1. The van der Waals surface area contributed by atoms with Crippen molar-refractivity contribution in [2.75, 3.05) is 12.4 Å².